The summed E-state index contributed by atoms with van der Waals surface area (Å²) in [6, 6.07) is 10.0. The third-order valence-corrected chi connectivity index (χ3v) is 4.68. The van der Waals surface area contributed by atoms with E-state index in [9.17, 15) is 0 Å². The topological polar surface area (TPSA) is 70.0 Å². The van der Waals surface area contributed by atoms with Crippen molar-refractivity contribution in [2.75, 3.05) is 13.2 Å². The molecule has 1 aliphatic heterocycles. The molecule has 0 spiro atoms. The fourth-order valence-electron chi connectivity index (χ4n) is 3.18. The van der Waals surface area contributed by atoms with Crippen LogP contribution in [0.1, 0.15) is 23.0 Å². The van der Waals surface area contributed by atoms with E-state index < -0.39 is 0 Å². The molecule has 0 unspecified atom stereocenters. The van der Waals surface area contributed by atoms with Crippen molar-refractivity contribution in [3.63, 3.8) is 0 Å². The molecule has 1 saturated heterocycles. The molecule has 0 aliphatic carbocycles. The molecule has 0 saturated carbocycles. The molecule has 5 rings (SSSR count). The fraction of sp³-hybridized carbons (Fsp3) is 0.263. The summed E-state index contributed by atoms with van der Waals surface area (Å²) in [5.74, 6) is 0. The van der Waals surface area contributed by atoms with E-state index in [1.165, 1.54) is 11.1 Å². The van der Waals surface area contributed by atoms with E-state index in [2.05, 4.69) is 35.1 Å². The van der Waals surface area contributed by atoms with Gasteiger partial charge < -0.3 is 9.47 Å². The number of rotatable bonds is 1. The molecule has 1 fully saturated rings. The Labute approximate surface area is 143 Å². The Morgan fingerprint density at radius 2 is 1.56 bits per heavy atom. The number of benzene rings is 2. The van der Waals surface area contributed by atoms with Gasteiger partial charge in [0.05, 0.1) is 29.8 Å². The van der Waals surface area contributed by atoms with Crippen molar-refractivity contribution in [1.29, 1.82) is 0 Å². The Hall–Kier alpha value is -2.70. The molecule has 0 radical (unpaired) electrons. The van der Waals surface area contributed by atoms with Crippen LogP contribution in [0.25, 0.3) is 33.1 Å². The number of hydrogen-bond donors (Lipinski definition) is 0. The van der Waals surface area contributed by atoms with Crippen molar-refractivity contribution in [1.82, 2.24) is 20.2 Å². The summed E-state index contributed by atoms with van der Waals surface area (Å²) in [5.41, 5.74) is 7.13. The standard InChI is InChI=1S/C19H16N4O2/c1-10-7-15-16(8-11(10)2)21-18-17(20-15)13-9-12(19-24-5-6-25-19)3-4-14(13)22-23-18/h3-4,7-9,19H,5-6H2,1-2H3. The maximum absolute atomic E-state index is 5.60. The molecule has 2 aromatic carbocycles. The minimum absolute atomic E-state index is 0.328. The minimum atomic E-state index is -0.328. The summed E-state index contributed by atoms with van der Waals surface area (Å²) >= 11 is 0. The van der Waals surface area contributed by atoms with Crippen LogP contribution in [0.4, 0.5) is 0 Å². The molecule has 0 amide bonds. The Bertz CT molecular complexity index is 1140. The van der Waals surface area contributed by atoms with E-state index in [0.717, 1.165) is 33.0 Å². The van der Waals surface area contributed by atoms with Gasteiger partial charge in [0.15, 0.2) is 6.29 Å². The lowest BCUT2D eigenvalue weighted by atomic mass is 10.1. The zero-order valence-corrected chi connectivity index (χ0v) is 14.0. The van der Waals surface area contributed by atoms with Crippen LogP contribution in [-0.2, 0) is 9.47 Å². The van der Waals surface area contributed by atoms with Crippen LogP contribution >= 0.6 is 0 Å². The maximum Gasteiger partial charge on any atom is 0.201 e. The number of aromatic nitrogens is 4. The molecule has 3 heterocycles. The van der Waals surface area contributed by atoms with E-state index in [1.54, 1.807) is 0 Å². The van der Waals surface area contributed by atoms with Crippen LogP contribution in [0, 0.1) is 13.8 Å². The van der Waals surface area contributed by atoms with Crippen LogP contribution in [0.15, 0.2) is 30.3 Å². The number of aryl methyl sites for hydroxylation is 2. The smallest absolute Gasteiger partial charge is 0.201 e. The molecule has 0 atom stereocenters. The Balaban J connectivity index is 1.80. The maximum atomic E-state index is 5.60. The summed E-state index contributed by atoms with van der Waals surface area (Å²) < 4.78 is 11.2. The average Bonchev–Trinajstić information content (AvgIpc) is 3.15. The fourth-order valence-corrected chi connectivity index (χ4v) is 3.18. The molecule has 0 N–H and O–H groups in total. The monoisotopic (exact) mass is 332 g/mol. The predicted octanol–water partition coefficient (Wildman–Crippen LogP) is 3.39. The van der Waals surface area contributed by atoms with Crippen molar-refractivity contribution in [3.8, 4) is 0 Å². The van der Waals surface area contributed by atoms with Crippen molar-refractivity contribution in [2.24, 2.45) is 0 Å². The SMILES string of the molecule is Cc1cc2nc3nnc4ccc(C5OCCO5)cc4c3nc2cc1C. The number of ether oxygens (including phenoxy) is 2. The first-order valence-electron chi connectivity index (χ1n) is 8.27. The van der Waals surface area contributed by atoms with Gasteiger partial charge in [-0.2, -0.15) is 0 Å². The second-order valence-electron chi connectivity index (χ2n) is 6.37. The van der Waals surface area contributed by atoms with Gasteiger partial charge in [-0.05, 0) is 49.2 Å². The lowest BCUT2D eigenvalue weighted by molar-refractivity contribution is -0.0440. The normalized spacial score (nSPS) is 15.6. The van der Waals surface area contributed by atoms with Gasteiger partial charge in [0.2, 0.25) is 5.65 Å². The predicted molar refractivity (Wildman–Crippen MR) is 94.3 cm³/mol. The van der Waals surface area contributed by atoms with Crippen molar-refractivity contribution in [2.45, 2.75) is 20.1 Å². The molecule has 6 nitrogen and oxygen atoms in total. The van der Waals surface area contributed by atoms with Gasteiger partial charge in [-0.3, -0.25) is 0 Å². The zero-order chi connectivity index (χ0) is 17.0. The first kappa shape index (κ1) is 14.6. The van der Waals surface area contributed by atoms with Gasteiger partial charge in [-0.1, -0.05) is 6.07 Å². The molecule has 0 bridgehead atoms. The largest absolute Gasteiger partial charge is 0.346 e. The van der Waals surface area contributed by atoms with E-state index in [-0.39, 0.29) is 6.29 Å². The highest BCUT2D eigenvalue weighted by Gasteiger charge is 2.19. The van der Waals surface area contributed by atoms with Gasteiger partial charge in [-0.15, -0.1) is 10.2 Å². The number of fused-ring (bicyclic) bond motifs is 4. The molecule has 1 aliphatic rings. The quantitative estimate of drug-likeness (QED) is 0.393. The number of hydrogen-bond acceptors (Lipinski definition) is 6. The summed E-state index contributed by atoms with van der Waals surface area (Å²) in [6.07, 6.45) is -0.328. The first-order chi connectivity index (χ1) is 12.2. The summed E-state index contributed by atoms with van der Waals surface area (Å²) in [6.45, 7) is 5.37. The van der Waals surface area contributed by atoms with Gasteiger partial charge in [-0.25, -0.2) is 9.97 Å². The van der Waals surface area contributed by atoms with Crippen molar-refractivity contribution in [3.05, 3.63) is 47.0 Å². The van der Waals surface area contributed by atoms with E-state index in [1.807, 2.05) is 24.3 Å². The van der Waals surface area contributed by atoms with Crippen LogP contribution in [-0.4, -0.2) is 33.4 Å². The highest BCUT2D eigenvalue weighted by atomic mass is 16.7. The van der Waals surface area contributed by atoms with Gasteiger partial charge in [0.25, 0.3) is 0 Å². The van der Waals surface area contributed by atoms with Gasteiger partial charge in [0.1, 0.15) is 5.52 Å². The molecule has 2 aromatic heterocycles. The van der Waals surface area contributed by atoms with Crippen LogP contribution in [0.2, 0.25) is 0 Å². The highest BCUT2D eigenvalue weighted by Crippen LogP contribution is 2.29. The molecule has 4 aromatic rings. The molecule has 6 heteroatoms. The first-order valence-corrected chi connectivity index (χ1v) is 8.27. The minimum Gasteiger partial charge on any atom is -0.346 e. The summed E-state index contributed by atoms with van der Waals surface area (Å²) in [4.78, 5) is 9.49. The van der Waals surface area contributed by atoms with E-state index in [0.29, 0.717) is 18.9 Å². The van der Waals surface area contributed by atoms with E-state index >= 15 is 0 Å². The van der Waals surface area contributed by atoms with Crippen LogP contribution in [0.3, 0.4) is 0 Å². The van der Waals surface area contributed by atoms with Crippen LogP contribution in [0.5, 0.6) is 0 Å². The van der Waals surface area contributed by atoms with E-state index in [4.69, 9.17) is 14.5 Å². The Morgan fingerprint density at radius 1 is 0.840 bits per heavy atom. The van der Waals surface area contributed by atoms with Gasteiger partial charge >= 0.3 is 0 Å². The number of nitrogens with zero attached hydrogens (tertiary/aromatic N) is 4. The van der Waals surface area contributed by atoms with Crippen LogP contribution < -0.4 is 0 Å². The molecule has 25 heavy (non-hydrogen) atoms. The lowest BCUT2D eigenvalue weighted by Crippen LogP contribution is -2.00. The molecule has 124 valence electrons. The zero-order valence-electron chi connectivity index (χ0n) is 14.0. The third kappa shape index (κ3) is 2.33. The summed E-state index contributed by atoms with van der Waals surface area (Å²) in [7, 11) is 0. The lowest BCUT2D eigenvalue weighted by Gasteiger charge is -2.11. The van der Waals surface area contributed by atoms with Gasteiger partial charge in [0, 0.05) is 10.9 Å². The third-order valence-electron chi connectivity index (χ3n) is 4.68. The molecular formula is C19H16N4O2. The highest BCUT2D eigenvalue weighted by molar-refractivity contribution is 6.02. The Morgan fingerprint density at radius 3 is 2.32 bits per heavy atom. The second-order valence-corrected chi connectivity index (χ2v) is 6.37. The molecular weight excluding hydrogens is 316 g/mol. The Kier molecular flexibility index (Phi) is 3.16. The second kappa shape index (κ2) is 5.40. The van der Waals surface area contributed by atoms with Crippen molar-refractivity contribution < 1.29 is 9.47 Å². The summed E-state index contributed by atoms with van der Waals surface area (Å²) in [5, 5.41) is 9.45. The van der Waals surface area contributed by atoms with Crippen molar-refractivity contribution >= 4 is 33.1 Å². The average molecular weight is 332 g/mol.